The number of carbonyl (C=O) groups excluding carboxylic acids is 1. The number of allylic oxidation sites excluding steroid dienone is 2. The Morgan fingerprint density at radius 2 is 1.97 bits per heavy atom. The summed E-state index contributed by atoms with van der Waals surface area (Å²) in [6.07, 6.45) is 5.24. The molecule has 1 N–H and O–H groups in total. The van der Waals surface area contributed by atoms with Gasteiger partial charge in [0.2, 0.25) is 0 Å². The second-order valence-corrected chi connectivity index (χ2v) is 7.74. The second kappa shape index (κ2) is 7.36. The molecule has 4 heteroatoms. The van der Waals surface area contributed by atoms with Crippen molar-refractivity contribution < 1.29 is 9.53 Å². The number of ketones is 1. The van der Waals surface area contributed by atoms with Crippen LogP contribution in [0.3, 0.4) is 0 Å². The Hall–Kier alpha value is -3.14. The van der Waals surface area contributed by atoms with E-state index in [1.165, 1.54) is 0 Å². The number of pyridine rings is 1. The predicted octanol–water partition coefficient (Wildman–Crippen LogP) is 5.59. The molecule has 1 aromatic heterocycles. The van der Waals surface area contributed by atoms with Gasteiger partial charge in [-0.3, -0.25) is 9.78 Å². The third-order valence-corrected chi connectivity index (χ3v) is 5.83. The number of ether oxygens (including phenoxy) is 1. The van der Waals surface area contributed by atoms with Crippen molar-refractivity contribution in [3.05, 3.63) is 77.1 Å². The number of benzene rings is 2. The molecule has 0 amide bonds. The van der Waals surface area contributed by atoms with Crippen LogP contribution >= 0.6 is 0 Å². The van der Waals surface area contributed by atoms with E-state index in [4.69, 9.17) is 4.74 Å². The quantitative estimate of drug-likeness (QED) is 0.637. The van der Waals surface area contributed by atoms with Crippen molar-refractivity contribution in [3.8, 4) is 5.75 Å². The minimum absolute atomic E-state index is 0.0813. The van der Waals surface area contributed by atoms with E-state index < -0.39 is 0 Å². The van der Waals surface area contributed by atoms with E-state index in [9.17, 15) is 4.79 Å². The zero-order valence-corrected chi connectivity index (χ0v) is 16.6. The fraction of sp³-hybridized carbons (Fsp3) is 0.280. The Balaban J connectivity index is 1.69. The van der Waals surface area contributed by atoms with Gasteiger partial charge in [-0.05, 0) is 60.7 Å². The molecule has 0 fully saturated rings. The lowest BCUT2D eigenvalue weighted by atomic mass is 9.74. The molecule has 3 aromatic rings. The number of hydrogen-bond acceptors (Lipinski definition) is 4. The second-order valence-electron chi connectivity index (χ2n) is 7.74. The molecule has 5 rings (SSSR count). The summed E-state index contributed by atoms with van der Waals surface area (Å²) in [5, 5.41) is 4.66. The van der Waals surface area contributed by atoms with Gasteiger partial charge in [0.25, 0.3) is 0 Å². The van der Waals surface area contributed by atoms with Crippen molar-refractivity contribution >= 4 is 22.4 Å². The van der Waals surface area contributed by atoms with Crippen LogP contribution in [-0.4, -0.2) is 17.4 Å². The summed E-state index contributed by atoms with van der Waals surface area (Å²) in [5.74, 6) is 1.04. The van der Waals surface area contributed by atoms with E-state index >= 15 is 0 Å². The van der Waals surface area contributed by atoms with Crippen molar-refractivity contribution in [2.75, 3.05) is 11.9 Å². The zero-order chi connectivity index (χ0) is 19.8. The van der Waals surface area contributed by atoms with Crippen LogP contribution < -0.4 is 10.1 Å². The zero-order valence-electron chi connectivity index (χ0n) is 16.6. The van der Waals surface area contributed by atoms with Gasteiger partial charge in [0, 0.05) is 40.9 Å². The summed E-state index contributed by atoms with van der Waals surface area (Å²) >= 11 is 0. The number of fused-ring (bicyclic) bond motifs is 3. The van der Waals surface area contributed by atoms with Gasteiger partial charge in [0.1, 0.15) is 5.75 Å². The van der Waals surface area contributed by atoms with E-state index in [0.29, 0.717) is 13.0 Å². The van der Waals surface area contributed by atoms with Gasteiger partial charge in [-0.25, -0.2) is 0 Å². The Labute approximate surface area is 170 Å². The highest BCUT2D eigenvalue weighted by Gasteiger charge is 2.36. The molecule has 2 aromatic carbocycles. The lowest BCUT2D eigenvalue weighted by molar-refractivity contribution is -0.116. The van der Waals surface area contributed by atoms with Gasteiger partial charge >= 0.3 is 0 Å². The number of anilines is 1. The largest absolute Gasteiger partial charge is 0.494 e. The van der Waals surface area contributed by atoms with Crippen LogP contribution in [0.25, 0.3) is 10.9 Å². The molecule has 146 valence electrons. The molecule has 0 spiro atoms. The SMILES string of the molecule is CCCOc1ccc([C@@H]2C3=C(CCCC3=O)Nc3ccc4ncccc4c32)cc1. The monoisotopic (exact) mass is 384 g/mol. The summed E-state index contributed by atoms with van der Waals surface area (Å²) in [4.78, 5) is 17.6. The summed E-state index contributed by atoms with van der Waals surface area (Å²) in [6, 6.07) is 16.5. The molecule has 1 aliphatic heterocycles. The molecule has 2 heterocycles. The molecular formula is C25H24N2O2. The fourth-order valence-corrected chi connectivity index (χ4v) is 4.54. The van der Waals surface area contributed by atoms with E-state index in [-0.39, 0.29) is 11.7 Å². The van der Waals surface area contributed by atoms with Crippen LogP contribution in [0.2, 0.25) is 0 Å². The molecule has 0 bridgehead atoms. The molecule has 0 radical (unpaired) electrons. The van der Waals surface area contributed by atoms with Crippen LogP contribution in [0.15, 0.2) is 66.0 Å². The van der Waals surface area contributed by atoms with E-state index in [0.717, 1.165) is 64.0 Å². The molecule has 1 atom stereocenters. The Morgan fingerprint density at radius 1 is 1.10 bits per heavy atom. The van der Waals surface area contributed by atoms with Gasteiger partial charge in [0.05, 0.1) is 12.1 Å². The van der Waals surface area contributed by atoms with Crippen molar-refractivity contribution in [2.45, 2.75) is 38.5 Å². The molecular weight excluding hydrogens is 360 g/mol. The molecule has 1 aliphatic carbocycles. The topological polar surface area (TPSA) is 51.2 Å². The fourth-order valence-electron chi connectivity index (χ4n) is 4.54. The molecule has 2 aliphatic rings. The summed E-state index contributed by atoms with van der Waals surface area (Å²) in [7, 11) is 0. The third-order valence-electron chi connectivity index (χ3n) is 5.83. The van der Waals surface area contributed by atoms with Crippen LogP contribution in [0, 0.1) is 0 Å². The first-order chi connectivity index (χ1) is 14.3. The standard InChI is InChI=1S/C25H24N2O2/c1-2-15-29-17-10-8-16(9-11-17)23-24-18-5-4-14-26-19(18)12-13-21(24)27-20-6-3-7-22(28)25(20)23/h4-5,8-14,23,27H,2-3,6-7,15H2,1H3/t23-/m0/s1. The van der Waals surface area contributed by atoms with E-state index in [2.05, 4.69) is 47.6 Å². The number of carbonyl (C=O) groups is 1. The van der Waals surface area contributed by atoms with Gasteiger partial charge in [0.15, 0.2) is 5.78 Å². The van der Waals surface area contributed by atoms with E-state index in [1.807, 2.05) is 24.4 Å². The number of aromatic nitrogens is 1. The van der Waals surface area contributed by atoms with Crippen LogP contribution in [0.4, 0.5) is 5.69 Å². The summed E-state index contributed by atoms with van der Waals surface area (Å²) < 4.78 is 5.76. The summed E-state index contributed by atoms with van der Waals surface area (Å²) in [5.41, 5.74) is 6.29. The summed E-state index contributed by atoms with van der Waals surface area (Å²) in [6.45, 7) is 2.81. The van der Waals surface area contributed by atoms with Crippen molar-refractivity contribution in [3.63, 3.8) is 0 Å². The minimum atomic E-state index is -0.0813. The average Bonchev–Trinajstić information content (AvgIpc) is 2.77. The highest BCUT2D eigenvalue weighted by molar-refractivity contribution is 6.03. The maximum Gasteiger partial charge on any atom is 0.161 e. The third kappa shape index (κ3) is 3.09. The molecule has 0 unspecified atom stereocenters. The van der Waals surface area contributed by atoms with Crippen molar-refractivity contribution in [1.29, 1.82) is 0 Å². The molecule has 0 saturated carbocycles. The number of Topliss-reactive ketones (excluding diaryl/α,β-unsaturated/α-hetero) is 1. The number of rotatable bonds is 4. The van der Waals surface area contributed by atoms with Gasteiger partial charge in [-0.2, -0.15) is 0 Å². The van der Waals surface area contributed by atoms with E-state index in [1.54, 1.807) is 0 Å². The predicted molar refractivity (Wildman–Crippen MR) is 115 cm³/mol. The lowest BCUT2D eigenvalue weighted by Crippen LogP contribution is -2.27. The molecule has 0 saturated heterocycles. The lowest BCUT2D eigenvalue weighted by Gasteiger charge is -2.34. The van der Waals surface area contributed by atoms with Crippen molar-refractivity contribution in [2.24, 2.45) is 0 Å². The van der Waals surface area contributed by atoms with Crippen molar-refractivity contribution in [1.82, 2.24) is 4.98 Å². The number of hydrogen-bond donors (Lipinski definition) is 1. The van der Waals surface area contributed by atoms with Crippen LogP contribution in [-0.2, 0) is 4.79 Å². The Morgan fingerprint density at radius 3 is 2.79 bits per heavy atom. The van der Waals surface area contributed by atoms with Gasteiger partial charge in [-0.1, -0.05) is 25.1 Å². The first-order valence-corrected chi connectivity index (χ1v) is 10.4. The van der Waals surface area contributed by atoms with Crippen LogP contribution in [0.1, 0.15) is 49.7 Å². The first-order valence-electron chi connectivity index (χ1n) is 10.4. The Bertz CT molecular complexity index is 1120. The van der Waals surface area contributed by atoms with Gasteiger partial charge < -0.3 is 10.1 Å². The van der Waals surface area contributed by atoms with Gasteiger partial charge in [-0.15, -0.1) is 0 Å². The van der Waals surface area contributed by atoms with Crippen LogP contribution in [0.5, 0.6) is 5.75 Å². The minimum Gasteiger partial charge on any atom is -0.494 e. The number of nitrogens with one attached hydrogen (secondary N) is 1. The Kier molecular flexibility index (Phi) is 4.55. The molecule has 4 nitrogen and oxygen atoms in total. The average molecular weight is 384 g/mol. The number of nitrogens with zero attached hydrogens (tertiary/aromatic N) is 1. The first kappa shape index (κ1) is 17.9. The molecule has 29 heavy (non-hydrogen) atoms. The highest BCUT2D eigenvalue weighted by atomic mass is 16.5. The smallest absolute Gasteiger partial charge is 0.161 e. The maximum atomic E-state index is 13.0. The highest BCUT2D eigenvalue weighted by Crippen LogP contribution is 2.47. The maximum absolute atomic E-state index is 13.0. The normalized spacial score (nSPS) is 18.2.